The number of hydrogen-bond donors (Lipinski definition) is 1. The van der Waals surface area contributed by atoms with Crippen LogP contribution in [-0.4, -0.2) is 13.2 Å². The number of ether oxygens (including phenoxy) is 1. The zero-order valence-electron chi connectivity index (χ0n) is 10.1. The van der Waals surface area contributed by atoms with Gasteiger partial charge in [-0.15, -0.1) is 0 Å². The Hall–Kier alpha value is -1.38. The summed E-state index contributed by atoms with van der Waals surface area (Å²) >= 11 is 0. The summed E-state index contributed by atoms with van der Waals surface area (Å²) in [4.78, 5) is 0. The zero-order valence-corrected chi connectivity index (χ0v) is 10.1. The van der Waals surface area contributed by atoms with Crippen LogP contribution in [0.1, 0.15) is 22.7 Å². The summed E-state index contributed by atoms with van der Waals surface area (Å²) in [7, 11) is 0. The topological polar surface area (TPSA) is 35.2 Å². The normalized spacial score (nSPS) is 20.0. The van der Waals surface area contributed by atoms with E-state index in [1.807, 2.05) is 0 Å². The third-order valence-corrected chi connectivity index (χ3v) is 3.59. The van der Waals surface area contributed by atoms with Crippen molar-refractivity contribution < 1.29 is 4.74 Å². The Kier molecular flexibility index (Phi) is 2.61. The van der Waals surface area contributed by atoms with E-state index in [-0.39, 0.29) is 6.04 Å². The fraction of sp³-hybridized carbons (Fsp3) is 0.333. The molecule has 17 heavy (non-hydrogen) atoms. The number of fused-ring (bicyclic) bond motifs is 3. The molecule has 0 aliphatic carbocycles. The second-order valence-corrected chi connectivity index (χ2v) is 4.74. The molecule has 1 aliphatic rings. The van der Waals surface area contributed by atoms with E-state index >= 15 is 0 Å². The van der Waals surface area contributed by atoms with Crippen LogP contribution in [0.5, 0.6) is 0 Å². The molecule has 2 aromatic carbocycles. The molecule has 1 aliphatic heterocycles. The van der Waals surface area contributed by atoms with E-state index in [0.717, 1.165) is 13.0 Å². The summed E-state index contributed by atoms with van der Waals surface area (Å²) in [5, 5.41) is 2.67. The van der Waals surface area contributed by atoms with Crippen LogP contribution in [0.2, 0.25) is 0 Å². The van der Waals surface area contributed by atoms with Gasteiger partial charge in [-0.3, -0.25) is 0 Å². The largest absolute Gasteiger partial charge is 0.379 e. The SMILES string of the molecule is Cc1cc2c(c3ccccc13)CCOCC2N. The fourth-order valence-electron chi connectivity index (χ4n) is 2.73. The van der Waals surface area contributed by atoms with Crippen molar-refractivity contribution in [1.29, 1.82) is 0 Å². The fourth-order valence-corrected chi connectivity index (χ4v) is 2.73. The maximum atomic E-state index is 6.18. The first-order chi connectivity index (χ1) is 8.27. The van der Waals surface area contributed by atoms with Gasteiger partial charge < -0.3 is 10.5 Å². The summed E-state index contributed by atoms with van der Waals surface area (Å²) in [6, 6.07) is 10.8. The van der Waals surface area contributed by atoms with Gasteiger partial charge in [0.15, 0.2) is 0 Å². The molecule has 1 unspecified atom stereocenters. The van der Waals surface area contributed by atoms with Crippen molar-refractivity contribution in [1.82, 2.24) is 0 Å². The molecule has 0 amide bonds. The highest BCUT2D eigenvalue weighted by atomic mass is 16.5. The van der Waals surface area contributed by atoms with Gasteiger partial charge in [0.2, 0.25) is 0 Å². The molecule has 0 radical (unpaired) electrons. The molecule has 88 valence electrons. The number of rotatable bonds is 0. The first kappa shape index (κ1) is 10.8. The minimum absolute atomic E-state index is 0.0100. The van der Waals surface area contributed by atoms with Gasteiger partial charge in [-0.25, -0.2) is 0 Å². The molecule has 0 saturated heterocycles. The van der Waals surface area contributed by atoms with Crippen LogP contribution in [0.25, 0.3) is 10.8 Å². The van der Waals surface area contributed by atoms with E-state index in [4.69, 9.17) is 10.5 Å². The molecular formula is C15H17NO. The molecular weight excluding hydrogens is 210 g/mol. The average Bonchev–Trinajstić information content (AvgIpc) is 2.53. The quantitative estimate of drug-likeness (QED) is 0.751. The molecule has 0 saturated carbocycles. The number of hydrogen-bond acceptors (Lipinski definition) is 2. The van der Waals surface area contributed by atoms with E-state index in [1.54, 1.807) is 0 Å². The van der Waals surface area contributed by atoms with Gasteiger partial charge in [0.1, 0.15) is 0 Å². The molecule has 2 N–H and O–H groups in total. The van der Waals surface area contributed by atoms with Gasteiger partial charge in [0.05, 0.1) is 19.3 Å². The Labute approximate surface area is 101 Å². The molecule has 2 nitrogen and oxygen atoms in total. The van der Waals surface area contributed by atoms with E-state index in [9.17, 15) is 0 Å². The maximum absolute atomic E-state index is 6.18. The molecule has 3 rings (SSSR count). The minimum atomic E-state index is 0.0100. The first-order valence-corrected chi connectivity index (χ1v) is 6.12. The molecule has 1 atom stereocenters. The van der Waals surface area contributed by atoms with E-state index in [1.165, 1.54) is 27.5 Å². The van der Waals surface area contributed by atoms with Crippen LogP contribution in [-0.2, 0) is 11.2 Å². The smallest absolute Gasteiger partial charge is 0.0659 e. The molecule has 0 bridgehead atoms. The van der Waals surface area contributed by atoms with Crippen molar-refractivity contribution >= 4 is 10.8 Å². The lowest BCUT2D eigenvalue weighted by Gasteiger charge is -2.16. The van der Waals surface area contributed by atoms with Crippen molar-refractivity contribution in [3.8, 4) is 0 Å². The summed E-state index contributed by atoms with van der Waals surface area (Å²) in [5.74, 6) is 0. The van der Waals surface area contributed by atoms with Crippen LogP contribution >= 0.6 is 0 Å². The van der Waals surface area contributed by atoms with Gasteiger partial charge in [0, 0.05) is 0 Å². The summed E-state index contributed by atoms with van der Waals surface area (Å²) in [5.41, 5.74) is 10.1. The van der Waals surface area contributed by atoms with E-state index < -0.39 is 0 Å². The lowest BCUT2D eigenvalue weighted by atomic mass is 9.91. The molecule has 2 heteroatoms. The Bertz CT molecular complexity index is 562. The predicted molar refractivity (Wildman–Crippen MR) is 70.1 cm³/mol. The molecule has 0 fully saturated rings. The lowest BCUT2D eigenvalue weighted by molar-refractivity contribution is 0.131. The summed E-state index contributed by atoms with van der Waals surface area (Å²) in [6.45, 7) is 3.56. The van der Waals surface area contributed by atoms with Crippen molar-refractivity contribution in [3.05, 3.63) is 47.0 Å². The number of benzene rings is 2. The van der Waals surface area contributed by atoms with Gasteiger partial charge in [-0.1, -0.05) is 30.3 Å². The Balaban J connectivity index is 2.34. The summed E-state index contributed by atoms with van der Waals surface area (Å²) < 4.78 is 5.55. The van der Waals surface area contributed by atoms with Crippen molar-refractivity contribution in [2.45, 2.75) is 19.4 Å². The first-order valence-electron chi connectivity index (χ1n) is 6.12. The molecule has 2 aromatic rings. The zero-order chi connectivity index (χ0) is 11.8. The second kappa shape index (κ2) is 4.13. The Morgan fingerprint density at radius 2 is 2.00 bits per heavy atom. The van der Waals surface area contributed by atoms with Gasteiger partial charge in [-0.2, -0.15) is 0 Å². The number of aryl methyl sites for hydroxylation is 1. The van der Waals surface area contributed by atoms with Crippen LogP contribution in [0.4, 0.5) is 0 Å². The van der Waals surface area contributed by atoms with Crippen LogP contribution in [0, 0.1) is 6.92 Å². The van der Waals surface area contributed by atoms with Crippen LogP contribution in [0.3, 0.4) is 0 Å². The Morgan fingerprint density at radius 3 is 2.82 bits per heavy atom. The predicted octanol–water partition coefficient (Wildman–Crippen LogP) is 2.72. The number of nitrogens with two attached hydrogens (primary N) is 1. The second-order valence-electron chi connectivity index (χ2n) is 4.74. The molecule has 0 aromatic heterocycles. The van der Waals surface area contributed by atoms with Crippen LogP contribution < -0.4 is 5.73 Å². The maximum Gasteiger partial charge on any atom is 0.0659 e. The highest BCUT2D eigenvalue weighted by Crippen LogP contribution is 2.31. The third kappa shape index (κ3) is 1.74. The highest BCUT2D eigenvalue weighted by molar-refractivity contribution is 5.89. The average molecular weight is 227 g/mol. The Morgan fingerprint density at radius 1 is 1.24 bits per heavy atom. The van der Waals surface area contributed by atoms with Gasteiger partial charge in [0.25, 0.3) is 0 Å². The van der Waals surface area contributed by atoms with Gasteiger partial charge >= 0.3 is 0 Å². The highest BCUT2D eigenvalue weighted by Gasteiger charge is 2.18. The minimum Gasteiger partial charge on any atom is -0.379 e. The van der Waals surface area contributed by atoms with Crippen molar-refractivity contribution in [2.24, 2.45) is 5.73 Å². The summed E-state index contributed by atoms with van der Waals surface area (Å²) in [6.07, 6.45) is 0.962. The van der Waals surface area contributed by atoms with E-state index in [2.05, 4.69) is 37.3 Å². The van der Waals surface area contributed by atoms with Crippen molar-refractivity contribution in [2.75, 3.05) is 13.2 Å². The monoisotopic (exact) mass is 227 g/mol. The molecule has 1 heterocycles. The third-order valence-electron chi connectivity index (χ3n) is 3.59. The standard InChI is InChI=1S/C15H17NO/c1-10-8-14-13(6-7-17-9-15(14)16)12-5-3-2-4-11(10)12/h2-5,8,15H,6-7,9,16H2,1H3. The lowest BCUT2D eigenvalue weighted by Crippen LogP contribution is -2.16. The van der Waals surface area contributed by atoms with E-state index in [0.29, 0.717) is 6.61 Å². The van der Waals surface area contributed by atoms with Crippen molar-refractivity contribution in [3.63, 3.8) is 0 Å². The van der Waals surface area contributed by atoms with Gasteiger partial charge in [-0.05, 0) is 40.8 Å². The van der Waals surface area contributed by atoms with Crippen LogP contribution in [0.15, 0.2) is 30.3 Å². The molecule has 0 spiro atoms.